The molecule has 0 aromatic rings. The normalized spacial score (nSPS) is 21.7. The highest BCUT2D eigenvalue weighted by Crippen LogP contribution is 2.22. The van der Waals surface area contributed by atoms with Crippen molar-refractivity contribution in [3.8, 4) is 0 Å². The van der Waals surface area contributed by atoms with Crippen LogP contribution in [0.4, 0.5) is 0 Å². The second-order valence-corrected chi connectivity index (χ2v) is 3.77. The van der Waals surface area contributed by atoms with E-state index < -0.39 is 0 Å². The quantitative estimate of drug-likeness (QED) is 0.466. The van der Waals surface area contributed by atoms with Gasteiger partial charge >= 0.3 is 0 Å². The number of hydrogen-bond donors (Lipinski definition) is 0. The van der Waals surface area contributed by atoms with Gasteiger partial charge in [0.15, 0.2) is 0 Å². The van der Waals surface area contributed by atoms with E-state index in [0.717, 1.165) is 13.1 Å². The van der Waals surface area contributed by atoms with Crippen molar-refractivity contribution in [1.29, 1.82) is 0 Å². The van der Waals surface area contributed by atoms with E-state index in [9.17, 15) is 4.79 Å². The summed E-state index contributed by atoms with van der Waals surface area (Å²) in [4.78, 5) is 16.1. The van der Waals surface area contributed by atoms with Crippen molar-refractivity contribution < 1.29 is 4.79 Å². The van der Waals surface area contributed by atoms with Crippen LogP contribution in [0.3, 0.4) is 0 Å². The molecule has 0 spiro atoms. The number of nitrogens with zero attached hydrogens (tertiary/aromatic N) is 2. The number of likely N-dealkylation sites (tertiary alicyclic amines) is 1. The van der Waals surface area contributed by atoms with E-state index in [1.165, 1.54) is 0 Å². The van der Waals surface area contributed by atoms with Gasteiger partial charge in [0.1, 0.15) is 0 Å². The van der Waals surface area contributed by atoms with Crippen LogP contribution in [0, 0.1) is 5.92 Å². The monoisotopic (exact) mass is 168 g/mol. The summed E-state index contributed by atoms with van der Waals surface area (Å²) in [6, 6.07) is 0.770. The van der Waals surface area contributed by atoms with Crippen molar-refractivity contribution in [1.82, 2.24) is 4.90 Å². The molecule has 0 aliphatic carbocycles. The number of aliphatic imine (C=N–C) groups is 1. The van der Waals surface area contributed by atoms with Crippen molar-refractivity contribution in [2.24, 2.45) is 10.9 Å². The maximum atomic E-state index is 9.97. The fourth-order valence-corrected chi connectivity index (χ4v) is 1.46. The minimum absolute atomic E-state index is 0.150. The predicted molar refractivity (Wildman–Crippen MR) is 47.8 cm³/mol. The number of hydrogen-bond acceptors (Lipinski definition) is 3. The molecule has 1 saturated heterocycles. The third-order valence-electron chi connectivity index (χ3n) is 2.61. The zero-order valence-electron chi connectivity index (χ0n) is 7.95. The Balaban J connectivity index is 2.29. The lowest BCUT2D eigenvalue weighted by atomic mass is 9.92. The fraction of sp³-hybridized carbons (Fsp3) is 0.889. The second kappa shape index (κ2) is 3.83. The first-order valence-electron chi connectivity index (χ1n) is 4.46. The SMILES string of the molecule is CC(N=C=O)C1CN(C(C)C)C1. The van der Waals surface area contributed by atoms with Gasteiger partial charge in [0.25, 0.3) is 0 Å². The molecule has 1 fully saturated rings. The lowest BCUT2D eigenvalue weighted by Gasteiger charge is -2.43. The van der Waals surface area contributed by atoms with Crippen LogP contribution in [0.15, 0.2) is 4.99 Å². The Kier molecular flexibility index (Phi) is 3.01. The van der Waals surface area contributed by atoms with Crippen LogP contribution in [0.2, 0.25) is 0 Å². The molecule has 0 amide bonds. The van der Waals surface area contributed by atoms with Crippen LogP contribution >= 0.6 is 0 Å². The van der Waals surface area contributed by atoms with Gasteiger partial charge in [-0.25, -0.2) is 9.79 Å². The molecule has 12 heavy (non-hydrogen) atoms. The Morgan fingerprint density at radius 1 is 1.42 bits per heavy atom. The molecule has 1 aliphatic heterocycles. The second-order valence-electron chi connectivity index (χ2n) is 3.77. The first-order valence-corrected chi connectivity index (χ1v) is 4.46. The maximum absolute atomic E-state index is 9.97. The average Bonchev–Trinajstić information content (AvgIpc) is 1.82. The Morgan fingerprint density at radius 2 is 2.00 bits per heavy atom. The Hall–Kier alpha value is -0.660. The van der Waals surface area contributed by atoms with Crippen molar-refractivity contribution >= 4 is 6.08 Å². The van der Waals surface area contributed by atoms with Gasteiger partial charge in [-0.15, -0.1) is 0 Å². The summed E-state index contributed by atoms with van der Waals surface area (Å²) < 4.78 is 0. The molecule has 0 N–H and O–H groups in total. The van der Waals surface area contributed by atoms with E-state index in [4.69, 9.17) is 0 Å². The van der Waals surface area contributed by atoms with E-state index in [1.54, 1.807) is 6.08 Å². The van der Waals surface area contributed by atoms with Crippen LogP contribution in [0.5, 0.6) is 0 Å². The predicted octanol–water partition coefficient (Wildman–Crippen LogP) is 1.05. The largest absolute Gasteiger partial charge is 0.300 e. The highest BCUT2D eigenvalue weighted by molar-refractivity contribution is 5.33. The number of rotatable bonds is 3. The molecule has 1 heterocycles. The molecule has 0 saturated carbocycles. The van der Waals surface area contributed by atoms with Crippen LogP contribution in [0.1, 0.15) is 20.8 Å². The smallest absolute Gasteiger partial charge is 0.235 e. The summed E-state index contributed by atoms with van der Waals surface area (Å²) in [7, 11) is 0. The molecule has 0 bridgehead atoms. The minimum atomic E-state index is 0.150. The lowest BCUT2D eigenvalue weighted by molar-refractivity contribution is 0.0563. The first-order chi connectivity index (χ1) is 5.65. The van der Waals surface area contributed by atoms with Gasteiger partial charge in [0.05, 0.1) is 6.04 Å². The summed E-state index contributed by atoms with van der Waals surface area (Å²) in [5.41, 5.74) is 0. The van der Waals surface area contributed by atoms with Crippen molar-refractivity contribution in [2.45, 2.75) is 32.9 Å². The Labute approximate surface area is 73.5 Å². The lowest BCUT2D eigenvalue weighted by Crippen LogP contribution is -2.53. The van der Waals surface area contributed by atoms with Gasteiger partial charge in [0.2, 0.25) is 6.08 Å². The Morgan fingerprint density at radius 3 is 2.42 bits per heavy atom. The van der Waals surface area contributed by atoms with Crippen molar-refractivity contribution in [3.63, 3.8) is 0 Å². The summed E-state index contributed by atoms with van der Waals surface area (Å²) in [5, 5.41) is 0. The van der Waals surface area contributed by atoms with Crippen LogP contribution < -0.4 is 0 Å². The minimum Gasteiger partial charge on any atom is -0.300 e. The molecule has 1 rings (SSSR count). The molecule has 0 aromatic carbocycles. The van der Waals surface area contributed by atoms with E-state index in [0.29, 0.717) is 12.0 Å². The van der Waals surface area contributed by atoms with Crippen molar-refractivity contribution in [3.05, 3.63) is 0 Å². The molecule has 1 aliphatic rings. The molecule has 0 radical (unpaired) electrons. The van der Waals surface area contributed by atoms with Gasteiger partial charge in [-0.05, 0) is 20.8 Å². The molecule has 3 nitrogen and oxygen atoms in total. The molecule has 1 atom stereocenters. The fourth-order valence-electron chi connectivity index (χ4n) is 1.46. The number of carbonyl (C=O) groups excluding carboxylic acids is 1. The highest BCUT2D eigenvalue weighted by Gasteiger charge is 2.32. The van der Waals surface area contributed by atoms with Gasteiger partial charge in [-0.3, -0.25) is 0 Å². The molecule has 0 aromatic heterocycles. The average molecular weight is 168 g/mol. The zero-order valence-corrected chi connectivity index (χ0v) is 7.95. The summed E-state index contributed by atoms with van der Waals surface area (Å²) >= 11 is 0. The summed E-state index contributed by atoms with van der Waals surface area (Å²) in [6.07, 6.45) is 1.62. The van der Waals surface area contributed by atoms with E-state index >= 15 is 0 Å². The third-order valence-corrected chi connectivity index (χ3v) is 2.61. The molecule has 1 unspecified atom stereocenters. The molecular formula is C9H16N2O. The topological polar surface area (TPSA) is 32.7 Å². The standard InChI is InChI=1S/C9H16N2O/c1-7(2)11-4-9(5-11)8(3)10-6-12/h7-9H,4-5H2,1-3H3. The van der Waals surface area contributed by atoms with Gasteiger partial charge in [-0.2, -0.15) is 0 Å². The first kappa shape index (κ1) is 9.43. The van der Waals surface area contributed by atoms with E-state index in [2.05, 4.69) is 23.7 Å². The van der Waals surface area contributed by atoms with E-state index in [-0.39, 0.29) is 6.04 Å². The third kappa shape index (κ3) is 1.93. The van der Waals surface area contributed by atoms with Crippen LogP contribution in [-0.4, -0.2) is 36.2 Å². The summed E-state index contributed by atoms with van der Waals surface area (Å²) in [5.74, 6) is 0.564. The number of isocyanates is 1. The maximum Gasteiger partial charge on any atom is 0.235 e. The molecular weight excluding hydrogens is 152 g/mol. The molecule has 3 heteroatoms. The van der Waals surface area contributed by atoms with Crippen LogP contribution in [-0.2, 0) is 4.79 Å². The van der Waals surface area contributed by atoms with Gasteiger partial charge in [0, 0.05) is 25.0 Å². The molecule has 68 valence electrons. The zero-order chi connectivity index (χ0) is 9.14. The van der Waals surface area contributed by atoms with Crippen LogP contribution in [0.25, 0.3) is 0 Å². The van der Waals surface area contributed by atoms with Gasteiger partial charge < -0.3 is 4.90 Å². The van der Waals surface area contributed by atoms with Crippen molar-refractivity contribution in [2.75, 3.05) is 13.1 Å². The van der Waals surface area contributed by atoms with E-state index in [1.807, 2.05) is 6.92 Å². The summed E-state index contributed by atoms with van der Waals surface area (Å²) in [6.45, 7) is 8.50. The highest BCUT2D eigenvalue weighted by atomic mass is 16.1. The van der Waals surface area contributed by atoms with Gasteiger partial charge in [-0.1, -0.05) is 0 Å². The Bertz CT molecular complexity index is 191.